The summed E-state index contributed by atoms with van der Waals surface area (Å²) >= 11 is 1.35. The number of aryl methyl sites for hydroxylation is 1. The molecule has 0 aromatic heterocycles. The first-order chi connectivity index (χ1) is 10.1. The number of Topliss-reactive ketones (excluding diaryl/α,β-unsaturated/α-hetero) is 1. The van der Waals surface area contributed by atoms with Crippen LogP contribution in [0.15, 0.2) is 53.4 Å². The normalized spacial score (nSPS) is 10.2. The smallest absolute Gasteiger partial charge is 0.338 e. The maximum Gasteiger partial charge on any atom is 0.338 e. The number of ether oxygens (including phenoxy) is 1. The van der Waals surface area contributed by atoms with Gasteiger partial charge < -0.3 is 4.74 Å². The van der Waals surface area contributed by atoms with Gasteiger partial charge in [-0.05, 0) is 24.6 Å². The second-order valence-electron chi connectivity index (χ2n) is 4.51. The van der Waals surface area contributed by atoms with Crippen molar-refractivity contribution in [3.05, 3.63) is 65.2 Å². The van der Waals surface area contributed by atoms with Crippen molar-refractivity contribution in [3.8, 4) is 0 Å². The van der Waals surface area contributed by atoms with E-state index in [-0.39, 0.29) is 11.8 Å². The van der Waals surface area contributed by atoms with Crippen LogP contribution in [-0.4, -0.2) is 24.6 Å². The van der Waals surface area contributed by atoms with Gasteiger partial charge in [-0.2, -0.15) is 0 Å². The molecule has 2 aromatic rings. The van der Waals surface area contributed by atoms with Crippen LogP contribution in [0.25, 0.3) is 0 Å². The van der Waals surface area contributed by atoms with E-state index in [1.165, 1.54) is 18.9 Å². The van der Waals surface area contributed by atoms with Gasteiger partial charge in [-0.25, -0.2) is 4.79 Å². The van der Waals surface area contributed by atoms with Gasteiger partial charge in [-0.1, -0.05) is 36.4 Å². The molecule has 0 aliphatic heterocycles. The third kappa shape index (κ3) is 3.73. The van der Waals surface area contributed by atoms with E-state index < -0.39 is 0 Å². The summed E-state index contributed by atoms with van der Waals surface area (Å²) in [5, 5.41) is 0. The summed E-state index contributed by atoms with van der Waals surface area (Å²) < 4.78 is 4.75. The van der Waals surface area contributed by atoms with Crippen molar-refractivity contribution in [3.63, 3.8) is 0 Å². The molecule has 2 rings (SSSR count). The standard InChI is InChI=1S/C17H16O3S/c1-12-7-3-4-8-13(12)15(18)11-21-16-10-6-5-9-14(16)17(19)20-2/h3-10H,11H2,1-2H3. The fourth-order valence-electron chi connectivity index (χ4n) is 1.98. The predicted molar refractivity (Wildman–Crippen MR) is 84.0 cm³/mol. The summed E-state index contributed by atoms with van der Waals surface area (Å²) in [5.41, 5.74) is 2.17. The Balaban J connectivity index is 2.12. The number of hydrogen-bond donors (Lipinski definition) is 0. The summed E-state index contributed by atoms with van der Waals surface area (Å²) in [6.07, 6.45) is 0. The fourth-order valence-corrected chi connectivity index (χ4v) is 2.90. The van der Waals surface area contributed by atoms with Crippen molar-refractivity contribution < 1.29 is 14.3 Å². The monoisotopic (exact) mass is 300 g/mol. The van der Waals surface area contributed by atoms with E-state index in [2.05, 4.69) is 0 Å². The molecule has 0 heterocycles. The Kier molecular flexibility index (Phi) is 5.17. The van der Waals surface area contributed by atoms with E-state index in [0.29, 0.717) is 11.3 Å². The molecule has 0 saturated heterocycles. The van der Waals surface area contributed by atoms with Gasteiger partial charge in [0.2, 0.25) is 0 Å². The van der Waals surface area contributed by atoms with Gasteiger partial charge in [0.1, 0.15) is 0 Å². The van der Waals surface area contributed by atoms with E-state index in [4.69, 9.17) is 4.74 Å². The van der Waals surface area contributed by atoms with E-state index in [9.17, 15) is 9.59 Å². The van der Waals surface area contributed by atoms with Crippen molar-refractivity contribution in [1.82, 2.24) is 0 Å². The maximum absolute atomic E-state index is 12.3. The van der Waals surface area contributed by atoms with Gasteiger partial charge >= 0.3 is 5.97 Å². The molecule has 0 N–H and O–H groups in total. The number of methoxy groups -OCH3 is 1. The molecule has 21 heavy (non-hydrogen) atoms. The first kappa shape index (κ1) is 15.3. The molecule has 0 bridgehead atoms. The first-order valence-corrected chi connectivity index (χ1v) is 7.51. The van der Waals surface area contributed by atoms with Gasteiger partial charge in [-0.3, -0.25) is 4.79 Å². The van der Waals surface area contributed by atoms with E-state index in [0.717, 1.165) is 16.0 Å². The second kappa shape index (κ2) is 7.09. The molecule has 0 saturated carbocycles. The van der Waals surface area contributed by atoms with Gasteiger partial charge in [-0.15, -0.1) is 11.8 Å². The third-order valence-electron chi connectivity index (χ3n) is 3.10. The van der Waals surface area contributed by atoms with Gasteiger partial charge in [0.15, 0.2) is 5.78 Å². The van der Waals surface area contributed by atoms with E-state index in [1.54, 1.807) is 12.1 Å². The molecule has 4 heteroatoms. The number of ketones is 1. The summed E-state index contributed by atoms with van der Waals surface area (Å²) in [5.74, 6) is -0.0435. The molecule has 0 radical (unpaired) electrons. The summed E-state index contributed by atoms with van der Waals surface area (Å²) in [6.45, 7) is 1.92. The summed E-state index contributed by atoms with van der Waals surface area (Å²) in [4.78, 5) is 24.7. The average molecular weight is 300 g/mol. The highest BCUT2D eigenvalue weighted by Gasteiger charge is 2.14. The van der Waals surface area contributed by atoms with Gasteiger partial charge in [0.25, 0.3) is 0 Å². The lowest BCUT2D eigenvalue weighted by molar-refractivity contribution is 0.0596. The van der Waals surface area contributed by atoms with Crippen LogP contribution in [0.2, 0.25) is 0 Å². The lowest BCUT2D eigenvalue weighted by atomic mass is 10.1. The molecule has 3 nitrogen and oxygen atoms in total. The van der Waals surface area contributed by atoms with Crippen molar-refractivity contribution in [2.45, 2.75) is 11.8 Å². The molecule has 108 valence electrons. The lowest BCUT2D eigenvalue weighted by Crippen LogP contribution is -2.07. The van der Waals surface area contributed by atoms with Crippen molar-refractivity contribution >= 4 is 23.5 Å². The predicted octanol–water partition coefficient (Wildman–Crippen LogP) is 3.76. The van der Waals surface area contributed by atoms with Crippen molar-refractivity contribution in [2.24, 2.45) is 0 Å². The number of benzene rings is 2. The molecule has 0 atom stereocenters. The highest BCUT2D eigenvalue weighted by molar-refractivity contribution is 8.00. The zero-order valence-corrected chi connectivity index (χ0v) is 12.8. The molecule has 0 spiro atoms. The Morgan fingerprint density at radius 3 is 2.29 bits per heavy atom. The van der Waals surface area contributed by atoms with Crippen LogP contribution in [0, 0.1) is 6.92 Å². The Hall–Kier alpha value is -2.07. The van der Waals surface area contributed by atoms with Crippen molar-refractivity contribution in [1.29, 1.82) is 0 Å². The van der Waals surface area contributed by atoms with Gasteiger partial charge in [0, 0.05) is 10.5 Å². The molecule has 0 amide bonds. The molecule has 0 aliphatic carbocycles. The summed E-state index contributed by atoms with van der Waals surface area (Å²) in [7, 11) is 1.35. The number of carbonyl (C=O) groups excluding carboxylic acids is 2. The topological polar surface area (TPSA) is 43.4 Å². The second-order valence-corrected chi connectivity index (χ2v) is 5.53. The van der Waals surface area contributed by atoms with Crippen LogP contribution in [0.3, 0.4) is 0 Å². The maximum atomic E-state index is 12.3. The average Bonchev–Trinajstić information content (AvgIpc) is 2.52. The summed E-state index contributed by atoms with van der Waals surface area (Å²) in [6, 6.07) is 14.6. The van der Waals surface area contributed by atoms with E-state index in [1.807, 2.05) is 43.3 Å². The molecular formula is C17H16O3S. The zero-order valence-electron chi connectivity index (χ0n) is 12.0. The third-order valence-corrected chi connectivity index (χ3v) is 4.17. The Morgan fingerprint density at radius 1 is 1.00 bits per heavy atom. The lowest BCUT2D eigenvalue weighted by Gasteiger charge is -2.08. The zero-order chi connectivity index (χ0) is 15.2. The van der Waals surface area contributed by atoms with Crippen molar-refractivity contribution in [2.75, 3.05) is 12.9 Å². The largest absolute Gasteiger partial charge is 0.465 e. The van der Waals surface area contributed by atoms with Crippen LogP contribution in [0.4, 0.5) is 0 Å². The molecule has 2 aromatic carbocycles. The van der Waals surface area contributed by atoms with Crippen LogP contribution in [0.1, 0.15) is 26.3 Å². The number of hydrogen-bond acceptors (Lipinski definition) is 4. The number of carbonyl (C=O) groups is 2. The van der Waals surface area contributed by atoms with E-state index >= 15 is 0 Å². The highest BCUT2D eigenvalue weighted by Crippen LogP contribution is 2.24. The number of esters is 1. The van der Waals surface area contributed by atoms with Crippen LogP contribution >= 0.6 is 11.8 Å². The molecule has 0 fully saturated rings. The molecule has 0 unspecified atom stereocenters. The molecule has 0 aliphatic rings. The molecular weight excluding hydrogens is 284 g/mol. The minimum absolute atomic E-state index is 0.0535. The first-order valence-electron chi connectivity index (χ1n) is 6.52. The SMILES string of the molecule is COC(=O)c1ccccc1SCC(=O)c1ccccc1C. The highest BCUT2D eigenvalue weighted by atomic mass is 32.2. The van der Waals surface area contributed by atoms with Crippen LogP contribution in [0.5, 0.6) is 0 Å². The minimum Gasteiger partial charge on any atom is -0.465 e. The number of rotatable bonds is 5. The van der Waals surface area contributed by atoms with Crippen LogP contribution in [-0.2, 0) is 4.74 Å². The minimum atomic E-state index is -0.388. The Bertz CT molecular complexity index is 665. The Labute approximate surface area is 128 Å². The number of thioether (sulfide) groups is 1. The van der Waals surface area contributed by atoms with Crippen LogP contribution < -0.4 is 0 Å². The quantitative estimate of drug-likeness (QED) is 0.479. The Morgan fingerprint density at radius 2 is 1.62 bits per heavy atom. The van der Waals surface area contributed by atoms with Gasteiger partial charge in [0.05, 0.1) is 18.4 Å². The fraction of sp³-hybridized carbons (Fsp3) is 0.176.